The van der Waals surface area contributed by atoms with Crippen LogP contribution in [0.25, 0.3) is 0 Å². The molecule has 1 aromatic heterocycles. The highest BCUT2D eigenvalue weighted by atomic mass is 16.0. The fourth-order valence-corrected chi connectivity index (χ4v) is 0.253. The molecule has 0 spiro atoms. The van der Waals surface area contributed by atoms with Gasteiger partial charge in [-0.05, 0) is 6.07 Å². The van der Waals surface area contributed by atoms with Crippen molar-refractivity contribution in [2.45, 2.75) is 0 Å². The molecule has 0 aliphatic carbocycles. The zero-order valence-electron chi connectivity index (χ0n) is 4.65. The topological polar surface area (TPSA) is 92.3 Å². The fraction of sp³-hybridized carbons (Fsp3) is 0. The van der Waals surface area contributed by atoms with Crippen LogP contribution in [-0.4, -0.2) is 15.4 Å². The van der Waals surface area contributed by atoms with Gasteiger partial charge < -0.3 is 11.6 Å². The maximum absolute atomic E-state index is 3.67. The first kappa shape index (κ1) is 10.1. The van der Waals surface area contributed by atoms with Crippen LogP contribution in [0.4, 0.5) is 0 Å². The third kappa shape index (κ3) is 3.20. The van der Waals surface area contributed by atoms with E-state index in [0.29, 0.717) is 0 Å². The molecule has 46 valence electrons. The van der Waals surface area contributed by atoms with Crippen molar-refractivity contribution < 1.29 is 5.48 Å². The molecule has 0 amide bonds. The SMILES string of the molecule is [NH4+].[OH-].c1cncnc1. The quantitative estimate of drug-likeness (QED) is 0.538. The Morgan fingerprint density at radius 3 is 1.62 bits per heavy atom. The average molecular weight is 115 g/mol. The van der Waals surface area contributed by atoms with Crippen LogP contribution in [0, 0.1) is 0 Å². The minimum absolute atomic E-state index is 0. The summed E-state index contributed by atoms with van der Waals surface area (Å²) in [5.74, 6) is 0. The van der Waals surface area contributed by atoms with Crippen LogP contribution in [0.15, 0.2) is 24.8 Å². The molecule has 1 heterocycles. The minimum atomic E-state index is 0. The van der Waals surface area contributed by atoms with Gasteiger partial charge in [-0.3, -0.25) is 0 Å². The summed E-state index contributed by atoms with van der Waals surface area (Å²) in [6, 6.07) is 1.78. The number of nitrogens with zero attached hydrogens (tertiary/aromatic N) is 2. The highest BCUT2D eigenvalue weighted by molar-refractivity contribution is 4.74. The van der Waals surface area contributed by atoms with Gasteiger partial charge in [-0.15, -0.1) is 0 Å². The Bertz CT molecular complexity index is 83.2. The van der Waals surface area contributed by atoms with Crippen molar-refractivity contribution in [2.24, 2.45) is 0 Å². The Labute approximate surface area is 47.5 Å². The molecule has 0 saturated heterocycles. The predicted octanol–water partition coefficient (Wildman–Crippen LogP) is 0.676. The van der Waals surface area contributed by atoms with Crippen molar-refractivity contribution in [3.63, 3.8) is 0 Å². The number of aromatic nitrogens is 2. The minimum Gasteiger partial charge on any atom is -0.870 e. The Morgan fingerprint density at radius 2 is 1.50 bits per heavy atom. The standard InChI is InChI=1S/C4H4N2.H3N.H2O/c1-2-5-4-6-3-1;;/h1-4H;1H3;1H2. The molecule has 4 nitrogen and oxygen atoms in total. The van der Waals surface area contributed by atoms with Crippen molar-refractivity contribution >= 4 is 0 Å². The Morgan fingerprint density at radius 1 is 1.00 bits per heavy atom. The molecule has 0 bridgehead atoms. The van der Waals surface area contributed by atoms with E-state index in [0.717, 1.165) is 0 Å². The van der Waals surface area contributed by atoms with Gasteiger partial charge in [0.05, 0.1) is 0 Å². The van der Waals surface area contributed by atoms with Crippen LogP contribution < -0.4 is 6.15 Å². The van der Waals surface area contributed by atoms with Gasteiger partial charge in [-0.1, -0.05) is 0 Å². The van der Waals surface area contributed by atoms with E-state index in [2.05, 4.69) is 9.97 Å². The fourth-order valence-electron chi connectivity index (χ4n) is 0.253. The van der Waals surface area contributed by atoms with E-state index < -0.39 is 0 Å². The second-order valence-corrected chi connectivity index (χ2v) is 0.904. The molecule has 1 rings (SSSR count). The van der Waals surface area contributed by atoms with Gasteiger partial charge in [0.1, 0.15) is 6.33 Å². The number of quaternary nitrogens is 1. The third-order valence-electron chi connectivity index (χ3n) is 0.478. The molecule has 0 radical (unpaired) electrons. The molecule has 0 aliphatic heterocycles. The maximum Gasteiger partial charge on any atom is 0.115 e. The summed E-state index contributed by atoms with van der Waals surface area (Å²) < 4.78 is 0. The van der Waals surface area contributed by atoms with Crippen LogP contribution in [-0.2, 0) is 0 Å². The van der Waals surface area contributed by atoms with Crippen LogP contribution >= 0.6 is 0 Å². The number of hydrogen-bond acceptors (Lipinski definition) is 3. The Balaban J connectivity index is 0. The third-order valence-corrected chi connectivity index (χ3v) is 0.478. The first-order valence-corrected chi connectivity index (χ1v) is 1.70. The van der Waals surface area contributed by atoms with Crippen molar-refractivity contribution in [1.29, 1.82) is 0 Å². The monoisotopic (exact) mass is 115 g/mol. The molecule has 0 aliphatic rings. The zero-order chi connectivity index (χ0) is 4.24. The van der Waals surface area contributed by atoms with E-state index in [1.165, 1.54) is 6.33 Å². The van der Waals surface area contributed by atoms with Gasteiger partial charge in [-0.25, -0.2) is 9.97 Å². The first-order valence-electron chi connectivity index (χ1n) is 1.70. The molecule has 0 unspecified atom stereocenters. The van der Waals surface area contributed by atoms with Gasteiger partial charge in [0.2, 0.25) is 0 Å². The summed E-state index contributed by atoms with van der Waals surface area (Å²) in [6.07, 6.45) is 4.88. The lowest BCUT2D eigenvalue weighted by molar-refractivity contribution is 0.824. The highest BCUT2D eigenvalue weighted by Gasteiger charge is 1.59. The van der Waals surface area contributed by atoms with Crippen molar-refractivity contribution in [1.82, 2.24) is 16.1 Å². The van der Waals surface area contributed by atoms with E-state index in [9.17, 15) is 0 Å². The van der Waals surface area contributed by atoms with E-state index >= 15 is 0 Å². The van der Waals surface area contributed by atoms with E-state index in [1.807, 2.05) is 0 Å². The molecule has 0 atom stereocenters. The van der Waals surface area contributed by atoms with Crippen molar-refractivity contribution in [3.05, 3.63) is 24.8 Å². The first-order chi connectivity index (χ1) is 3.00. The maximum atomic E-state index is 3.67. The van der Waals surface area contributed by atoms with E-state index in [4.69, 9.17) is 0 Å². The second-order valence-electron chi connectivity index (χ2n) is 0.904. The lowest BCUT2D eigenvalue weighted by Crippen LogP contribution is -1.66. The molecule has 0 saturated carbocycles. The number of rotatable bonds is 0. The molecule has 5 N–H and O–H groups in total. The highest BCUT2D eigenvalue weighted by Crippen LogP contribution is 1.66. The Hall–Kier alpha value is -1.00. The summed E-state index contributed by atoms with van der Waals surface area (Å²) in [7, 11) is 0. The molecular weight excluding hydrogens is 106 g/mol. The van der Waals surface area contributed by atoms with Crippen LogP contribution in [0.3, 0.4) is 0 Å². The van der Waals surface area contributed by atoms with Gasteiger partial charge in [0.15, 0.2) is 0 Å². The smallest absolute Gasteiger partial charge is 0.115 e. The summed E-state index contributed by atoms with van der Waals surface area (Å²) >= 11 is 0. The largest absolute Gasteiger partial charge is 0.870 e. The predicted molar refractivity (Wildman–Crippen MR) is 30.0 cm³/mol. The van der Waals surface area contributed by atoms with Crippen molar-refractivity contribution in [2.75, 3.05) is 0 Å². The van der Waals surface area contributed by atoms with Gasteiger partial charge in [-0.2, -0.15) is 0 Å². The molecule has 0 fully saturated rings. The summed E-state index contributed by atoms with van der Waals surface area (Å²) in [6.45, 7) is 0. The lowest BCUT2D eigenvalue weighted by atomic mass is 10.7. The summed E-state index contributed by atoms with van der Waals surface area (Å²) in [5.41, 5.74) is 0. The van der Waals surface area contributed by atoms with Crippen LogP contribution in [0.1, 0.15) is 0 Å². The Kier molecular flexibility index (Phi) is 7.56. The van der Waals surface area contributed by atoms with E-state index in [-0.39, 0.29) is 11.6 Å². The lowest BCUT2D eigenvalue weighted by Gasteiger charge is -1.70. The van der Waals surface area contributed by atoms with Crippen molar-refractivity contribution in [3.8, 4) is 0 Å². The zero-order valence-corrected chi connectivity index (χ0v) is 4.65. The van der Waals surface area contributed by atoms with Gasteiger partial charge in [0, 0.05) is 12.4 Å². The normalized spacial score (nSPS) is 6.00. The molecule has 0 aromatic carbocycles. The molecule has 1 aromatic rings. The summed E-state index contributed by atoms with van der Waals surface area (Å²) in [5, 5.41) is 0. The van der Waals surface area contributed by atoms with E-state index in [1.54, 1.807) is 18.5 Å². The number of hydrogen-bond donors (Lipinski definition) is 1. The average Bonchev–Trinajstić information content (AvgIpc) is 1.72. The van der Waals surface area contributed by atoms with Crippen LogP contribution in [0.5, 0.6) is 0 Å². The van der Waals surface area contributed by atoms with Gasteiger partial charge >= 0.3 is 0 Å². The van der Waals surface area contributed by atoms with Gasteiger partial charge in [0.25, 0.3) is 0 Å². The molecular formula is C4H9N3O. The second kappa shape index (κ2) is 6.00. The summed E-state index contributed by atoms with van der Waals surface area (Å²) in [4.78, 5) is 7.35. The molecule has 8 heavy (non-hydrogen) atoms. The molecule has 4 heteroatoms. The van der Waals surface area contributed by atoms with Crippen LogP contribution in [0.2, 0.25) is 0 Å².